The van der Waals surface area contributed by atoms with Crippen LogP contribution in [0.15, 0.2) is 54.1 Å². The molecule has 0 spiro atoms. The van der Waals surface area contributed by atoms with Gasteiger partial charge < -0.3 is 9.47 Å². The zero-order chi connectivity index (χ0) is 16.9. The van der Waals surface area contributed by atoms with Gasteiger partial charge in [0.25, 0.3) is 0 Å². The van der Waals surface area contributed by atoms with Crippen molar-refractivity contribution in [1.82, 2.24) is 0 Å². The number of ketones is 1. The van der Waals surface area contributed by atoms with Gasteiger partial charge in [-0.15, -0.1) is 0 Å². The van der Waals surface area contributed by atoms with E-state index < -0.39 is 0 Å². The van der Waals surface area contributed by atoms with Crippen molar-refractivity contribution in [3.8, 4) is 11.5 Å². The molecule has 24 heavy (non-hydrogen) atoms. The highest BCUT2D eigenvalue weighted by Crippen LogP contribution is 2.32. The van der Waals surface area contributed by atoms with Crippen molar-refractivity contribution >= 4 is 29.5 Å². The van der Waals surface area contributed by atoms with Gasteiger partial charge in [-0.25, -0.2) is 0 Å². The lowest BCUT2D eigenvalue weighted by atomic mass is 10.0. The van der Waals surface area contributed by atoms with Gasteiger partial charge in [0.05, 0.1) is 0 Å². The van der Waals surface area contributed by atoms with E-state index in [0.717, 1.165) is 22.4 Å². The summed E-state index contributed by atoms with van der Waals surface area (Å²) in [5, 5.41) is 0.680. The summed E-state index contributed by atoms with van der Waals surface area (Å²) in [6.07, 6.45) is 5.92. The minimum absolute atomic E-state index is 0.00915. The molecule has 2 aromatic carbocycles. The normalized spacial score (nSPS) is 13.5. The average molecular weight is 341 g/mol. The van der Waals surface area contributed by atoms with Gasteiger partial charge in [0.1, 0.15) is 0 Å². The van der Waals surface area contributed by atoms with Gasteiger partial charge in [-0.05, 0) is 59.5 Å². The summed E-state index contributed by atoms with van der Waals surface area (Å²) in [7, 11) is 0. The summed E-state index contributed by atoms with van der Waals surface area (Å²) >= 11 is 5.88. The number of allylic oxidation sites excluding steroid dienone is 2. The molecule has 0 saturated carbocycles. The largest absolute Gasteiger partial charge is 0.454 e. The second-order valence-corrected chi connectivity index (χ2v) is 5.82. The molecule has 0 fully saturated rings. The number of carbonyl (C=O) groups excluding carboxylic acids is 1. The Balaban J connectivity index is 1.75. The number of halogens is 1. The molecular formula is C20H17ClO3. The standard InChI is InChI=1S/C20H17ClO3/c1-2-16(11-14-3-7-17(21)8-4-14)18(22)9-5-15-6-10-19-20(12-15)24-13-23-19/h3-12H,2,13H2,1H3/b9-5+,16-11+. The molecule has 3 rings (SSSR count). The maximum atomic E-state index is 12.4. The monoisotopic (exact) mass is 340 g/mol. The molecule has 4 heteroatoms. The number of rotatable bonds is 5. The van der Waals surface area contributed by atoms with E-state index in [-0.39, 0.29) is 12.6 Å². The summed E-state index contributed by atoms with van der Waals surface area (Å²) in [4.78, 5) is 12.4. The van der Waals surface area contributed by atoms with Gasteiger partial charge in [0.15, 0.2) is 17.3 Å². The SMILES string of the molecule is CC/C(=C\c1ccc(Cl)cc1)C(=O)/C=C/c1ccc2c(c1)OCO2. The van der Waals surface area contributed by atoms with Crippen molar-refractivity contribution in [3.63, 3.8) is 0 Å². The number of ether oxygens (including phenoxy) is 2. The molecule has 0 aromatic heterocycles. The third-order valence-electron chi connectivity index (χ3n) is 3.73. The van der Waals surface area contributed by atoms with Crippen LogP contribution in [0.2, 0.25) is 5.02 Å². The third-order valence-corrected chi connectivity index (χ3v) is 3.98. The van der Waals surface area contributed by atoms with E-state index in [1.807, 2.05) is 55.5 Å². The minimum atomic E-state index is -0.00915. The van der Waals surface area contributed by atoms with Crippen molar-refractivity contribution < 1.29 is 14.3 Å². The van der Waals surface area contributed by atoms with Gasteiger partial charge >= 0.3 is 0 Å². The lowest BCUT2D eigenvalue weighted by Crippen LogP contribution is -1.97. The molecule has 3 nitrogen and oxygen atoms in total. The van der Waals surface area contributed by atoms with E-state index in [0.29, 0.717) is 17.2 Å². The fourth-order valence-electron chi connectivity index (χ4n) is 2.40. The molecule has 0 unspecified atom stereocenters. The second-order valence-electron chi connectivity index (χ2n) is 5.38. The molecule has 0 atom stereocenters. The van der Waals surface area contributed by atoms with Crippen LogP contribution in [-0.2, 0) is 4.79 Å². The number of hydrogen-bond acceptors (Lipinski definition) is 3. The maximum absolute atomic E-state index is 12.4. The van der Waals surface area contributed by atoms with Crippen LogP contribution in [0.25, 0.3) is 12.2 Å². The van der Waals surface area contributed by atoms with E-state index >= 15 is 0 Å². The Bertz CT molecular complexity index is 804. The molecule has 0 aliphatic carbocycles. The summed E-state index contributed by atoms with van der Waals surface area (Å²) in [6, 6.07) is 13.0. The Morgan fingerprint density at radius 2 is 1.79 bits per heavy atom. The van der Waals surface area contributed by atoms with E-state index in [1.54, 1.807) is 12.2 Å². The highest BCUT2D eigenvalue weighted by atomic mass is 35.5. The molecule has 1 aliphatic heterocycles. The molecule has 1 heterocycles. The lowest BCUT2D eigenvalue weighted by molar-refractivity contribution is -0.111. The summed E-state index contributed by atoms with van der Waals surface area (Å²) in [6.45, 7) is 2.21. The Morgan fingerprint density at radius 1 is 1.08 bits per heavy atom. The highest BCUT2D eigenvalue weighted by molar-refractivity contribution is 6.30. The smallest absolute Gasteiger partial charge is 0.231 e. The first kappa shape index (κ1) is 16.3. The van der Waals surface area contributed by atoms with Crippen molar-refractivity contribution in [3.05, 3.63) is 70.3 Å². The minimum Gasteiger partial charge on any atom is -0.454 e. The van der Waals surface area contributed by atoms with E-state index in [2.05, 4.69) is 0 Å². The summed E-state index contributed by atoms with van der Waals surface area (Å²) < 4.78 is 10.6. The number of hydrogen-bond donors (Lipinski definition) is 0. The summed E-state index contributed by atoms with van der Waals surface area (Å²) in [5.74, 6) is 1.43. The van der Waals surface area contributed by atoms with E-state index in [4.69, 9.17) is 21.1 Å². The summed E-state index contributed by atoms with van der Waals surface area (Å²) in [5.41, 5.74) is 2.60. The third kappa shape index (κ3) is 3.87. The quantitative estimate of drug-likeness (QED) is 0.706. The van der Waals surface area contributed by atoms with Gasteiger partial charge in [-0.1, -0.05) is 42.8 Å². The zero-order valence-electron chi connectivity index (χ0n) is 13.3. The number of benzene rings is 2. The fraction of sp³-hybridized carbons (Fsp3) is 0.150. The van der Waals surface area contributed by atoms with Gasteiger partial charge in [-0.3, -0.25) is 4.79 Å². The van der Waals surface area contributed by atoms with Gasteiger partial charge in [-0.2, -0.15) is 0 Å². The zero-order valence-corrected chi connectivity index (χ0v) is 14.0. The predicted molar refractivity (Wildman–Crippen MR) is 96.3 cm³/mol. The maximum Gasteiger partial charge on any atom is 0.231 e. The molecule has 0 N–H and O–H groups in total. The van der Waals surface area contributed by atoms with Crippen LogP contribution in [0, 0.1) is 0 Å². The van der Waals surface area contributed by atoms with Crippen LogP contribution >= 0.6 is 11.6 Å². The van der Waals surface area contributed by atoms with Crippen LogP contribution in [0.5, 0.6) is 11.5 Å². The molecule has 0 bridgehead atoms. The van der Waals surface area contributed by atoms with Crippen molar-refractivity contribution in [1.29, 1.82) is 0 Å². The average Bonchev–Trinajstić information content (AvgIpc) is 3.07. The number of carbonyl (C=O) groups is 1. The lowest BCUT2D eigenvalue weighted by Gasteiger charge is -2.02. The second kappa shape index (κ2) is 7.37. The van der Waals surface area contributed by atoms with E-state index in [9.17, 15) is 4.79 Å². The molecule has 0 amide bonds. The Hall–Kier alpha value is -2.52. The van der Waals surface area contributed by atoms with E-state index in [1.165, 1.54) is 0 Å². The van der Waals surface area contributed by atoms with Gasteiger partial charge in [0.2, 0.25) is 6.79 Å². The van der Waals surface area contributed by atoms with Crippen molar-refractivity contribution in [2.75, 3.05) is 6.79 Å². The Kier molecular flexibility index (Phi) is 5.02. The van der Waals surface area contributed by atoms with Crippen LogP contribution < -0.4 is 9.47 Å². The molecular weight excluding hydrogens is 324 g/mol. The van der Waals surface area contributed by atoms with Crippen LogP contribution in [0.4, 0.5) is 0 Å². The number of fused-ring (bicyclic) bond motifs is 1. The topological polar surface area (TPSA) is 35.5 Å². The fourth-order valence-corrected chi connectivity index (χ4v) is 2.53. The van der Waals surface area contributed by atoms with Crippen molar-refractivity contribution in [2.45, 2.75) is 13.3 Å². The molecule has 1 aliphatic rings. The molecule has 0 radical (unpaired) electrons. The van der Waals surface area contributed by atoms with Crippen LogP contribution in [0.3, 0.4) is 0 Å². The van der Waals surface area contributed by atoms with Gasteiger partial charge in [0, 0.05) is 5.02 Å². The van der Waals surface area contributed by atoms with Crippen LogP contribution in [0.1, 0.15) is 24.5 Å². The Labute approximate surface area is 146 Å². The first-order valence-corrected chi connectivity index (χ1v) is 8.11. The molecule has 0 saturated heterocycles. The van der Waals surface area contributed by atoms with Crippen LogP contribution in [-0.4, -0.2) is 12.6 Å². The first-order chi connectivity index (χ1) is 11.7. The first-order valence-electron chi connectivity index (χ1n) is 7.74. The Morgan fingerprint density at radius 3 is 2.54 bits per heavy atom. The van der Waals surface area contributed by atoms with Crippen molar-refractivity contribution in [2.24, 2.45) is 0 Å². The predicted octanol–water partition coefficient (Wildman–Crippen LogP) is 5.14. The molecule has 2 aromatic rings. The molecule has 122 valence electrons. The highest BCUT2D eigenvalue weighted by Gasteiger charge is 2.12.